The summed E-state index contributed by atoms with van der Waals surface area (Å²) in [7, 11) is 2.05. The number of piperazine rings is 1. The molecule has 20 heavy (non-hydrogen) atoms. The second-order valence-corrected chi connectivity index (χ2v) is 5.71. The van der Waals surface area contributed by atoms with Gasteiger partial charge in [-0.15, -0.1) is 0 Å². The molecule has 2 fully saturated rings. The maximum atomic E-state index is 12.0. The third-order valence-electron chi connectivity index (χ3n) is 4.16. The number of nitrogens with zero attached hydrogens (tertiary/aromatic N) is 2. The lowest BCUT2D eigenvalue weighted by atomic mass is 9.84. The third-order valence-corrected chi connectivity index (χ3v) is 4.16. The summed E-state index contributed by atoms with van der Waals surface area (Å²) in [4.78, 5) is 25.3. The van der Waals surface area contributed by atoms with E-state index in [1.165, 1.54) is 0 Å². The minimum Gasteiger partial charge on any atom is -0.481 e. The van der Waals surface area contributed by atoms with Gasteiger partial charge in [-0.05, 0) is 19.9 Å². The normalized spacial score (nSPS) is 28.9. The van der Waals surface area contributed by atoms with Gasteiger partial charge in [-0.2, -0.15) is 0 Å². The topological polar surface area (TPSA) is 84.9 Å². The predicted octanol–water partition coefficient (Wildman–Crippen LogP) is 0.0914. The highest BCUT2D eigenvalue weighted by atomic mass is 16.4. The third kappa shape index (κ3) is 4.08. The van der Waals surface area contributed by atoms with E-state index in [-0.39, 0.29) is 12.1 Å². The number of aliphatic carboxylic acids is 1. The van der Waals surface area contributed by atoms with Crippen molar-refractivity contribution < 1.29 is 14.7 Å². The van der Waals surface area contributed by atoms with Crippen molar-refractivity contribution in [2.24, 2.45) is 5.92 Å². The Morgan fingerprint density at radius 2 is 1.75 bits per heavy atom. The van der Waals surface area contributed by atoms with Crippen molar-refractivity contribution >= 4 is 12.0 Å². The van der Waals surface area contributed by atoms with E-state index >= 15 is 0 Å². The molecule has 2 amide bonds. The zero-order valence-electron chi connectivity index (χ0n) is 12.0. The number of carbonyl (C=O) groups is 2. The van der Waals surface area contributed by atoms with Crippen LogP contribution in [0.25, 0.3) is 0 Å². The van der Waals surface area contributed by atoms with Crippen LogP contribution in [-0.4, -0.2) is 66.3 Å². The zero-order chi connectivity index (χ0) is 14.5. The summed E-state index contributed by atoms with van der Waals surface area (Å²) in [6.45, 7) is 3.41. The van der Waals surface area contributed by atoms with Gasteiger partial charge in [0.25, 0.3) is 0 Å². The number of likely N-dealkylation sites (N-methyl/N-ethyl adjacent to an activating group) is 1. The van der Waals surface area contributed by atoms with Gasteiger partial charge in [-0.3, -0.25) is 10.2 Å². The maximum Gasteiger partial charge on any atom is 0.329 e. The van der Waals surface area contributed by atoms with Crippen LogP contribution in [0.4, 0.5) is 4.79 Å². The van der Waals surface area contributed by atoms with Crippen LogP contribution in [0.2, 0.25) is 0 Å². The first kappa shape index (κ1) is 15.1. The Morgan fingerprint density at radius 1 is 1.10 bits per heavy atom. The Kier molecular flexibility index (Phi) is 5.19. The zero-order valence-corrected chi connectivity index (χ0v) is 12.0. The average Bonchev–Trinajstić information content (AvgIpc) is 2.41. The molecule has 1 saturated carbocycles. The standard InChI is InChI=1S/C13H24N4O3/c1-16-6-8-17(9-7-16)15-13(20)14-11-5-3-2-4-10(11)12(18)19/h10-11H,2-9H2,1H3,(H,18,19)(H2,14,15,20). The number of carboxylic acid groups (broad SMARTS) is 1. The Hall–Kier alpha value is -1.34. The first-order valence-corrected chi connectivity index (χ1v) is 7.29. The molecule has 7 nitrogen and oxygen atoms in total. The summed E-state index contributed by atoms with van der Waals surface area (Å²) in [5.74, 6) is -1.27. The lowest BCUT2D eigenvalue weighted by Gasteiger charge is -2.34. The van der Waals surface area contributed by atoms with E-state index in [9.17, 15) is 14.7 Å². The number of hydrogen-bond donors (Lipinski definition) is 3. The summed E-state index contributed by atoms with van der Waals surface area (Å²) < 4.78 is 0. The van der Waals surface area contributed by atoms with Crippen molar-refractivity contribution in [1.29, 1.82) is 0 Å². The minimum absolute atomic E-state index is 0.256. The van der Waals surface area contributed by atoms with Crippen LogP contribution in [0.15, 0.2) is 0 Å². The van der Waals surface area contributed by atoms with Gasteiger partial charge in [-0.25, -0.2) is 9.80 Å². The molecule has 0 aromatic rings. The van der Waals surface area contributed by atoms with E-state index in [1.54, 1.807) is 0 Å². The molecule has 1 saturated heterocycles. The highest BCUT2D eigenvalue weighted by Gasteiger charge is 2.32. The van der Waals surface area contributed by atoms with Gasteiger partial charge in [0, 0.05) is 32.2 Å². The van der Waals surface area contributed by atoms with E-state index < -0.39 is 11.9 Å². The molecule has 2 unspecified atom stereocenters. The van der Waals surface area contributed by atoms with Crippen LogP contribution in [0.5, 0.6) is 0 Å². The van der Waals surface area contributed by atoms with Crippen molar-refractivity contribution in [2.75, 3.05) is 33.2 Å². The molecule has 2 atom stereocenters. The van der Waals surface area contributed by atoms with E-state index in [0.717, 1.165) is 45.4 Å². The molecular weight excluding hydrogens is 260 g/mol. The Labute approximate surface area is 119 Å². The van der Waals surface area contributed by atoms with Gasteiger partial charge in [0.2, 0.25) is 0 Å². The molecule has 1 aliphatic carbocycles. The first-order chi connectivity index (χ1) is 9.56. The van der Waals surface area contributed by atoms with Crippen LogP contribution in [0, 0.1) is 5.92 Å². The van der Waals surface area contributed by atoms with Crippen LogP contribution >= 0.6 is 0 Å². The van der Waals surface area contributed by atoms with Crippen molar-refractivity contribution in [2.45, 2.75) is 31.7 Å². The van der Waals surface area contributed by atoms with Crippen molar-refractivity contribution in [3.63, 3.8) is 0 Å². The van der Waals surface area contributed by atoms with Crippen LogP contribution < -0.4 is 10.7 Å². The van der Waals surface area contributed by atoms with E-state index in [2.05, 4.69) is 22.7 Å². The summed E-state index contributed by atoms with van der Waals surface area (Å²) >= 11 is 0. The molecule has 0 aromatic carbocycles. The van der Waals surface area contributed by atoms with Crippen molar-refractivity contribution in [3.8, 4) is 0 Å². The second kappa shape index (κ2) is 6.90. The van der Waals surface area contributed by atoms with Gasteiger partial charge in [0.15, 0.2) is 0 Å². The maximum absolute atomic E-state index is 12.0. The fraction of sp³-hybridized carbons (Fsp3) is 0.846. The predicted molar refractivity (Wildman–Crippen MR) is 74.1 cm³/mol. The van der Waals surface area contributed by atoms with E-state index in [4.69, 9.17) is 0 Å². The Bertz CT molecular complexity index is 356. The molecule has 114 valence electrons. The minimum atomic E-state index is -0.811. The molecule has 0 radical (unpaired) electrons. The van der Waals surface area contributed by atoms with Gasteiger partial charge < -0.3 is 15.3 Å². The summed E-state index contributed by atoms with van der Waals surface area (Å²) in [6, 6.07) is -0.540. The molecule has 0 spiro atoms. The number of hydrogen-bond acceptors (Lipinski definition) is 4. The molecule has 2 aliphatic rings. The molecule has 1 heterocycles. The monoisotopic (exact) mass is 284 g/mol. The smallest absolute Gasteiger partial charge is 0.329 e. The number of carbonyl (C=O) groups excluding carboxylic acids is 1. The highest BCUT2D eigenvalue weighted by molar-refractivity contribution is 5.76. The van der Waals surface area contributed by atoms with Crippen molar-refractivity contribution in [3.05, 3.63) is 0 Å². The van der Waals surface area contributed by atoms with Crippen LogP contribution in [-0.2, 0) is 4.79 Å². The first-order valence-electron chi connectivity index (χ1n) is 7.29. The van der Waals surface area contributed by atoms with Crippen LogP contribution in [0.3, 0.4) is 0 Å². The number of amides is 2. The molecule has 2 rings (SSSR count). The molecule has 1 aliphatic heterocycles. The quantitative estimate of drug-likeness (QED) is 0.684. The van der Waals surface area contributed by atoms with Gasteiger partial charge in [-0.1, -0.05) is 12.8 Å². The fourth-order valence-corrected chi connectivity index (χ4v) is 2.86. The Morgan fingerprint density at radius 3 is 2.40 bits per heavy atom. The molecule has 3 N–H and O–H groups in total. The van der Waals surface area contributed by atoms with Gasteiger partial charge in [0.1, 0.15) is 0 Å². The Balaban J connectivity index is 1.79. The molecule has 0 bridgehead atoms. The molecular formula is C13H24N4O3. The lowest BCUT2D eigenvalue weighted by molar-refractivity contribution is -0.143. The second-order valence-electron chi connectivity index (χ2n) is 5.71. The average molecular weight is 284 g/mol. The van der Waals surface area contributed by atoms with Gasteiger partial charge >= 0.3 is 12.0 Å². The summed E-state index contributed by atoms with van der Waals surface area (Å²) in [5.41, 5.74) is 2.81. The summed E-state index contributed by atoms with van der Waals surface area (Å²) in [5, 5.41) is 13.9. The number of hydrazine groups is 1. The van der Waals surface area contributed by atoms with E-state index in [1.807, 2.05) is 5.01 Å². The van der Waals surface area contributed by atoms with E-state index in [0.29, 0.717) is 6.42 Å². The fourth-order valence-electron chi connectivity index (χ4n) is 2.86. The van der Waals surface area contributed by atoms with Gasteiger partial charge in [0.05, 0.1) is 5.92 Å². The number of carboxylic acids is 1. The summed E-state index contributed by atoms with van der Waals surface area (Å²) in [6.07, 6.45) is 3.29. The van der Waals surface area contributed by atoms with Crippen molar-refractivity contribution in [1.82, 2.24) is 20.7 Å². The number of nitrogens with one attached hydrogen (secondary N) is 2. The lowest BCUT2D eigenvalue weighted by Crippen LogP contribution is -2.57. The highest BCUT2D eigenvalue weighted by Crippen LogP contribution is 2.24. The number of urea groups is 1. The molecule has 0 aromatic heterocycles. The molecule has 7 heteroatoms. The largest absolute Gasteiger partial charge is 0.481 e. The van der Waals surface area contributed by atoms with Crippen LogP contribution in [0.1, 0.15) is 25.7 Å². The SMILES string of the molecule is CN1CCN(NC(=O)NC2CCCCC2C(=O)O)CC1. The number of rotatable bonds is 3.